The minimum atomic E-state index is -0.592. The van der Waals surface area contributed by atoms with Gasteiger partial charge in [0, 0.05) is 33.4 Å². The summed E-state index contributed by atoms with van der Waals surface area (Å²) in [6.45, 7) is 6.67. The third-order valence-corrected chi connectivity index (χ3v) is 3.85. The van der Waals surface area contributed by atoms with Crippen LogP contribution < -0.4 is 5.32 Å². The van der Waals surface area contributed by atoms with Gasteiger partial charge in [0.15, 0.2) is 6.10 Å². The molecule has 0 saturated carbocycles. The van der Waals surface area contributed by atoms with E-state index in [2.05, 4.69) is 24.1 Å². The minimum absolute atomic E-state index is 0.123. The van der Waals surface area contributed by atoms with Gasteiger partial charge in [-0.3, -0.25) is 4.79 Å². The van der Waals surface area contributed by atoms with Crippen molar-refractivity contribution in [3.8, 4) is 0 Å². The van der Waals surface area contributed by atoms with Gasteiger partial charge in [0.1, 0.15) is 0 Å². The van der Waals surface area contributed by atoms with E-state index >= 15 is 0 Å². The Kier molecular flexibility index (Phi) is 6.19. The number of likely N-dealkylation sites (N-methyl/N-ethyl adjacent to an activating group) is 1. The Morgan fingerprint density at radius 1 is 1.46 bits per heavy atom. The van der Waals surface area contributed by atoms with Gasteiger partial charge in [-0.05, 0) is 5.92 Å². The third-order valence-electron chi connectivity index (χ3n) is 3.85. The van der Waals surface area contributed by atoms with Gasteiger partial charge in [-0.25, -0.2) is 9.78 Å². The number of carbonyl (C=O) groups excluding carboxylic acids is 2. The first-order chi connectivity index (χ1) is 11.4. The number of amides is 3. The van der Waals surface area contributed by atoms with Crippen molar-refractivity contribution in [3.05, 3.63) is 18.2 Å². The Labute approximate surface area is 142 Å². The maximum Gasteiger partial charge on any atom is 0.317 e. The smallest absolute Gasteiger partial charge is 0.317 e. The third kappa shape index (κ3) is 4.70. The van der Waals surface area contributed by atoms with E-state index in [9.17, 15) is 9.59 Å². The molecule has 0 bridgehead atoms. The number of imidazole rings is 1. The van der Waals surface area contributed by atoms with E-state index < -0.39 is 6.10 Å². The van der Waals surface area contributed by atoms with Crippen molar-refractivity contribution in [1.82, 2.24) is 24.7 Å². The molecule has 0 aliphatic carbocycles. The largest absolute Gasteiger partial charge is 0.365 e. The summed E-state index contributed by atoms with van der Waals surface area (Å²) in [5, 5.41) is 2.90. The highest BCUT2D eigenvalue weighted by Gasteiger charge is 2.30. The molecule has 1 atom stereocenters. The second-order valence-corrected chi connectivity index (χ2v) is 6.63. The lowest BCUT2D eigenvalue weighted by Crippen LogP contribution is -2.53. The molecule has 8 heteroatoms. The van der Waals surface area contributed by atoms with Crippen molar-refractivity contribution in [2.24, 2.45) is 5.92 Å². The lowest BCUT2D eigenvalue weighted by Gasteiger charge is -2.33. The summed E-state index contributed by atoms with van der Waals surface area (Å²) in [5.41, 5.74) is 0.964. The van der Waals surface area contributed by atoms with Gasteiger partial charge >= 0.3 is 6.03 Å². The Balaban J connectivity index is 1.88. The van der Waals surface area contributed by atoms with E-state index in [1.165, 1.54) is 4.90 Å². The molecule has 24 heavy (non-hydrogen) atoms. The molecule has 1 aromatic rings. The average molecular weight is 337 g/mol. The van der Waals surface area contributed by atoms with Crippen LogP contribution in [0.1, 0.15) is 19.5 Å². The Morgan fingerprint density at radius 3 is 2.88 bits per heavy atom. The number of urea groups is 1. The van der Waals surface area contributed by atoms with Crippen molar-refractivity contribution in [1.29, 1.82) is 0 Å². The monoisotopic (exact) mass is 337 g/mol. The van der Waals surface area contributed by atoms with Crippen LogP contribution in [0.25, 0.3) is 0 Å². The number of morpholine rings is 1. The Morgan fingerprint density at radius 2 is 2.21 bits per heavy atom. The summed E-state index contributed by atoms with van der Waals surface area (Å²) in [4.78, 5) is 31.6. The quantitative estimate of drug-likeness (QED) is 0.850. The maximum atomic E-state index is 12.4. The normalized spacial score (nSPS) is 17.9. The molecular formula is C16H27N5O3. The van der Waals surface area contributed by atoms with Crippen LogP contribution >= 0.6 is 0 Å². The fourth-order valence-electron chi connectivity index (χ4n) is 2.60. The van der Waals surface area contributed by atoms with Gasteiger partial charge < -0.3 is 24.4 Å². The Hall–Kier alpha value is -2.09. The fourth-order valence-corrected chi connectivity index (χ4v) is 2.60. The van der Waals surface area contributed by atoms with Crippen LogP contribution in [0.3, 0.4) is 0 Å². The van der Waals surface area contributed by atoms with E-state index in [1.807, 2.05) is 4.57 Å². The number of carbonyl (C=O) groups is 2. The topological polar surface area (TPSA) is 79.7 Å². The summed E-state index contributed by atoms with van der Waals surface area (Å²) >= 11 is 0. The van der Waals surface area contributed by atoms with Gasteiger partial charge in [0.05, 0.1) is 31.7 Å². The summed E-state index contributed by atoms with van der Waals surface area (Å²) < 4.78 is 7.51. The number of aromatic nitrogens is 2. The number of rotatable bonds is 5. The molecule has 3 amide bonds. The summed E-state index contributed by atoms with van der Waals surface area (Å²) in [6, 6.07) is -0.188. The van der Waals surface area contributed by atoms with Gasteiger partial charge in [-0.15, -0.1) is 0 Å². The molecule has 1 aromatic heterocycles. The molecule has 0 radical (unpaired) electrons. The molecule has 2 heterocycles. The highest BCUT2D eigenvalue weighted by molar-refractivity contribution is 5.82. The fraction of sp³-hybridized carbons (Fsp3) is 0.688. The molecule has 1 aliphatic rings. The number of nitrogens with zero attached hydrogens (tertiary/aromatic N) is 4. The van der Waals surface area contributed by atoms with E-state index in [1.54, 1.807) is 31.5 Å². The molecule has 8 nitrogen and oxygen atoms in total. The molecule has 1 N–H and O–H groups in total. The predicted molar refractivity (Wildman–Crippen MR) is 89.3 cm³/mol. The zero-order valence-corrected chi connectivity index (χ0v) is 14.9. The van der Waals surface area contributed by atoms with Crippen LogP contribution in [0.15, 0.2) is 12.5 Å². The molecule has 2 rings (SSSR count). The minimum Gasteiger partial charge on any atom is -0.365 e. The maximum absolute atomic E-state index is 12.4. The molecule has 1 saturated heterocycles. The number of hydrogen-bond acceptors (Lipinski definition) is 4. The number of nitrogens with one attached hydrogen (secondary N) is 1. The highest BCUT2D eigenvalue weighted by Crippen LogP contribution is 2.09. The number of hydrogen-bond donors (Lipinski definition) is 1. The predicted octanol–water partition coefficient (Wildman–Crippen LogP) is 0.538. The van der Waals surface area contributed by atoms with Crippen LogP contribution in [-0.4, -0.2) is 71.2 Å². The SMILES string of the molecule is CC(C)Cn1cncc1CNC(=O)N1CCO[C@H](C(=O)N(C)C)C1. The summed E-state index contributed by atoms with van der Waals surface area (Å²) in [7, 11) is 3.36. The van der Waals surface area contributed by atoms with E-state index in [-0.39, 0.29) is 18.5 Å². The lowest BCUT2D eigenvalue weighted by molar-refractivity contribution is -0.145. The zero-order chi connectivity index (χ0) is 17.7. The van der Waals surface area contributed by atoms with Crippen LogP contribution in [0, 0.1) is 5.92 Å². The molecule has 0 unspecified atom stereocenters. The van der Waals surface area contributed by atoms with Crippen LogP contribution in [0.5, 0.6) is 0 Å². The van der Waals surface area contributed by atoms with Crippen molar-refractivity contribution in [3.63, 3.8) is 0 Å². The molecule has 134 valence electrons. The summed E-state index contributed by atoms with van der Waals surface area (Å²) in [6.07, 6.45) is 2.95. The number of ether oxygens (including phenoxy) is 1. The molecule has 1 aliphatic heterocycles. The van der Waals surface area contributed by atoms with Gasteiger partial charge in [0.25, 0.3) is 5.91 Å². The van der Waals surface area contributed by atoms with Crippen molar-refractivity contribution in [2.75, 3.05) is 33.8 Å². The average Bonchev–Trinajstić information content (AvgIpc) is 2.98. The zero-order valence-electron chi connectivity index (χ0n) is 14.9. The second-order valence-electron chi connectivity index (χ2n) is 6.63. The van der Waals surface area contributed by atoms with Crippen molar-refractivity contribution >= 4 is 11.9 Å². The molecule has 1 fully saturated rings. The van der Waals surface area contributed by atoms with Gasteiger partial charge in [-0.2, -0.15) is 0 Å². The van der Waals surface area contributed by atoms with Crippen molar-refractivity contribution < 1.29 is 14.3 Å². The first-order valence-electron chi connectivity index (χ1n) is 8.23. The first-order valence-corrected chi connectivity index (χ1v) is 8.23. The van der Waals surface area contributed by atoms with E-state index in [0.717, 1.165) is 12.2 Å². The van der Waals surface area contributed by atoms with Crippen LogP contribution in [-0.2, 0) is 22.6 Å². The van der Waals surface area contributed by atoms with Crippen LogP contribution in [0.2, 0.25) is 0 Å². The van der Waals surface area contributed by atoms with Crippen LogP contribution in [0.4, 0.5) is 4.79 Å². The second kappa shape index (κ2) is 8.14. The van der Waals surface area contributed by atoms with Gasteiger partial charge in [-0.1, -0.05) is 13.8 Å². The molecule has 0 spiro atoms. The first kappa shape index (κ1) is 18.3. The molecular weight excluding hydrogens is 310 g/mol. The lowest BCUT2D eigenvalue weighted by atomic mass is 10.2. The Bertz CT molecular complexity index is 570. The summed E-state index contributed by atoms with van der Waals surface area (Å²) in [5.74, 6) is 0.383. The van der Waals surface area contributed by atoms with E-state index in [0.29, 0.717) is 25.6 Å². The standard InChI is InChI=1S/C16H27N5O3/c1-12(2)9-21-11-17-7-13(21)8-18-16(23)20-5-6-24-14(10-20)15(22)19(3)4/h7,11-12,14H,5-6,8-10H2,1-4H3,(H,18,23)/t14-/m0/s1. The van der Waals surface area contributed by atoms with E-state index in [4.69, 9.17) is 4.74 Å². The van der Waals surface area contributed by atoms with Gasteiger partial charge in [0.2, 0.25) is 0 Å². The van der Waals surface area contributed by atoms with Crippen molar-refractivity contribution in [2.45, 2.75) is 33.0 Å². The highest BCUT2D eigenvalue weighted by atomic mass is 16.5. The molecule has 0 aromatic carbocycles.